The van der Waals surface area contributed by atoms with Crippen LogP contribution in [0.3, 0.4) is 0 Å². The van der Waals surface area contributed by atoms with E-state index >= 15 is 0 Å². The minimum absolute atomic E-state index is 0.150. The van der Waals surface area contributed by atoms with Gasteiger partial charge in [-0.25, -0.2) is 12.7 Å². The fourth-order valence-corrected chi connectivity index (χ4v) is 4.05. The van der Waals surface area contributed by atoms with Gasteiger partial charge in [0.25, 0.3) is 0 Å². The number of piperidine rings is 1. The van der Waals surface area contributed by atoms with Crippen LogP contribution in [0.1, 0.15) is 18.4 Å². The fourth-order valence-electron chi connectivity index (χ4n) is 3.18. The van der Waals surface area contributed by atoms with Crippen LogP contribution in [0.5, 0.6) is 0 Å². The number of fused-ring (bicyclic) bond motifs is 1. The van der Waals surface area contributed by atoms with Gasteiger partial charge in [-0.2, -0.15) is 0 Å². The van der Waals surface area contributed by atoms with Crippen molar-refractivity contribution in [3.63, 3.8) is 0 Å². The van der Waals surface area contributed by atoms with Crippen molar-refractivity contribution in [1.82, 2.24) is 14.6 Å². The van der Waals surface area contributed by atoms with Gasteiger partial charge in [0, 0.05) is 42.9 Å². The van der Waals surface area contributed by atoms with Crippen LogP contribution in [0.15, 0.2) is 42.6 Å². The lowest BCUT2D eigenvalue weighted by molar-refractivity contribution is -0.116. The van der Waals surface area contributed by atoms with Crippen LogP contribution >= 0.6 is 0 Å². The largest absolute Gasteiger partial charge is 0.352 e. The van der Waals surface area contributed by atoms with E-state index in [1.54, 1.807) is 12.3 Å². The highest BCUT2D eigenvalue weighted by molar-refractivity contribution is 7.88. The molecular weight excluding hydrogens is 350 g/mol. The molecule has 0 spiro atoms. The molecule has 7 heteroatoms. The van der Waals surface area contributed by atoms with E-state index in [1.165, 1.54) is 16.6 Å². The number of hydrogen-bond acceptors (Lipinski definition) is 4. The third-order valence-corrected chi connectivity index (χ3v) is 5.99. The number of nitrogens with zero attached hydrogens (tertiary/aromatic N) is 2. The van der Waals surface area contributed by atoms with E-state index in [4.69, 9.17) is 0 Å². The summed E-state index contributed by atoms with van der Waals surface area (Å²) in [5, 5.41) is 3.95. The highest BCUT2D eigenvalue weighted by Crippen LogP contribution is 2.19. The van der Waals surface area contributed by atoms with E-state index in [1.807, 2.05) is 30.3 Å². The number of amides is 1. The summed E-state index contributed by atoms with van der Waals surface area (Å²) < 4.78 is 24.5. The third-order valence-electron chi connectivity index (χ3n) is 4.69. The van der Waals surface area contributed by atoms with Crippen molar-refractivity contribution in [2.24, 2.45) is 5.92 Å². The van der Waals surface area contributed by atoms with Crippen molar-refractivity contribution in [3.05, 3.63) is 48.2 Å². The molecule has 1 aromatic carbocycles. The van der Waals surface area contributed by atoms with Crippen LogP contribution < -0.4 is 5.32 Å². The molecule has 0 aliphatic carbocycles. The number of pyridine rings is 1. The second-order valence-corrected chi connectivity index (χ2v) is 8.59. The summed E-state index contributed by atoms with van der Waals surface area (Å²) in [4.78, 5) is 16.5. The molecule has 2 aromatic rings. The molecule has 0 radical (unpaired) electrons. The van der Waals surface area contributed by atoms with E-state index in [9.17, 15) is 13.2 Å². The van der Waals surface area contributed by atoms with Gasteiger partial charge < -0.3 is 5.32 Å². The quantitative estimate of drug-likeness (QED) is 0.814. The molecule has 3 rings (SSSR count). The lowest BCUT2D eigenvalue weighted by Gasteiger charge is -2.30. The Morgan fingerprint density at radius 1 is 1.27 bits per heavy atom. The zero-order valence-electron chi connectivity index (χ0n) is 14.8. The van der Waals surface area contributed by atoms with Crippen LogP contribution in [0, 0.1) is 5.92 Å². The van der Waals surface area contributed by atoms with Crippen LogP contribution in [0.25, 0.3) is 17.0 Å². The number of rotatable bonds is 5. The molecule has 0 unspecified atom stereocenters. The summed E-state index contributed by atoms with van der Waals surface area (Å²) in [5.74, 6) is 0.160. The molecule has 1 saturated heterocycles. The Hall–Kier alpha value is -2.25. The van der Waals surface area contributed by atoms with E-state index < -0.39 is 10.0 Å². The number of carbonyl (C=O) groups excluding carboxylic acids is 1. The van der Waals surface area contributed by atoms with Crippen LogP contribution in [0.2, 0.25) is 0 Å². The monoisotopic (exact) mass is 373 g/mol. The Bertz CT molecular complexity index is 911. The van der Waals surface area contributed by atoms with Crippen molar-refractivity contribution in [1.29, 1.82) is 0 Å². The highest BCUT2D eigenvalue weighted by atomic mass is 32.2. The first-order chi connectivity index (χ1) is 12.4. The molecule has 2 heterocycles. The zero-order chi connectivity index (χ0) is 18.6. The summed E-state index contributed by atoms with van der Waals surface area (Å²) >= 11 is 0. The normalized spacial score (nSPS) is 17.0. The van der Waals surface area contributed by atoms with Gasteiger partial charge in [-0.15, -0.1) is 0 Å². The van der Waals surface area contributed by atoms with Crippen molar-refractivity contribution in [2.45, 2.75) is 12.8 Å². The third kappa shape index (κ3) is 4.68. The standard InChI is InChI=1S/C19H23N3O3S/c1-26(24,25)22-12-9-15(10-13-22)14-21-18(23)8-7-17-5-2-4-16-6-3-11-20-19(16)17/h2-8,11,15H,9-10,12-14H2,1H3,(H,21,23)/b8-7+. The number of carbonyl (C=O) groups is 1. The summed E-state index contributed by atoms with van der Waals surface area (Å²) in [7, 11) is -3.11. The van der Waals surface area contributed by atoms with Gasteiger partial charge in [-0.05, 0) is 30.9 Å². The van der Waals surface area contributed by atoms with Gasteiger partial charge in [-0.1, -0.05) is 24.3 Å². The molecule has 1 aliphatic rings. The Morgan fingerprint density at radius 3 is 2.73 bits per heavy atom. The summed E-state index contributed by atoms with van der Waals surface area (Å²) in [5.41, 5.74) is 1.77. The SMILES string of the molecule is CS(=O)(=O)N1CCC(CNC(=O)/C=C/c2cccc3cccnc23)CC1. The first-order valence-electron chi connectivity index (χ1n) is 8.68. The topological polar surface area (TPSA) is 79.4 Å². The summed E-state index contributed by atoms with van der Waals surface area (Å²) in [6.07, 6.45) is 7.81. The Balaban J connectivity index is 1.52. The van der Waals surface area contributed by atoms with Gasteiger partial charge in [-0.3, -0.25) is 9.78 Å². The molecule has 6 nitrogen and oxygen atoms in total. The average Bonchev–Trinajstić information content (AvgIpc) is 2.64. The van der Waals surface area contributed by atoms with Crippen LogP contribution in [-0.2, 0) is 14.8 Å². The number of aromatic nitrogens is 1. The Morgan fingerprint density at radius 2 is 2.00 bits per heavy atom. The molecular formula is C19H23N3O3S. The van der Waals surface area contributed by atoms with Crippen molar-refractivity contribution >= 4 is 32.9 Å². The molecule has 1 N–H and O–H groups in total. The van der Waals surface area contributed by atoms with Gasteiger partial charge in [0.2, 0.25) is 15.9 Å². The van der Waals surface area contributed by atoms with Crippen LogP contribution in [0.4, 0.5) is 0 Å². The molecule has 1 amide bonds. The minimum atomic E-state index is -3.11. The molecule has 0 saturated carbocycles. The fraction of sp³-hybridized carbons (Fsp3) is 0.368. The molecule has 0 bridgehead atoms. The van der Waals surface area contributed by atoms with Gasteiger partial charge in [0.1, 0.15) is 0 Å². The molecule has 1 fully saturated rings. The lowest BCUT2D eigenvalue weighted by Crippen LogP contribution is -2.40. The van der Waals surface area contributed by atoms with Gasteiger partial charge >= 0.3 is 0 Å². The van der Waals surface area contributed by atoms with Crippen molar-refractivity contribution in [2.75, 3.05) is 25.9 Å². The zero-order valence-corrected chi connectivity index (χ0v) is 15.6. The first-order valence-corrected chi connectivity index (χ1v) is 10.5. The summed E-state index contributed by atoms with van der Waals surface area (Å²) in [6, 6.07) is 9.74. The second kappa shape index (κ2) is 7.97. The maximum atomic E-state index is 12.1. The average molecular weight is 373 g/mol. The predicted molar refractivity (Wildman–Crippen MR) is 103 cm³/mol. The van der Waals surface area contributed by atoms with Gasteiger partial charge in [0.05, 0.1) is 11.8 Å². The van der Waals surface area contributed by atoms with E-state index in [0.717, 1.165) is 29.3 Å². The van der Waals surface area contributed by atoms with Gasteiger partial charge in [0.15, 0.2) is 0 Å². The molecule has 1 aromatic heterocycles. The lowest BCUT2D eigenvalue weighted by atomic mass is 9.98. The van der Waals surface area contributed by atoms with Crippen LogP contribution in [-0.4, -0.2) is 49.5 Å². The highest BCUT2D eigenvalue weighted by Gasteiger charge is 2.24. The van der Waals surface area contributed by atoms with E-state index in [0.29, 0.717) is 25.6 Å². The Kier molecular flexibility index (Phi) is 5.68. The van der Waals surface area contributed by atoms with E-state index in [-0.39, 0.29) is 5.91 Å². The predicted octanol–water partition coefficient (Wildman–Crippen LogP) is 2.04. The molecule has 0 atom stereocenters. The summed E-state index contributed by atoms with van der Waals surface area (Å²) in [6.45, 7) is 1.61. The van der Waals surface area contributed by atoms with Crippen molar-refractivity contribution < 1.29 is 13.2 Å². The number of nitrogens with one attached hydrogen (secondary N) is 1. The molecule has 1 aliphatic heterocycles. The first kappa shape index (κ1) is 18.5. The van der Waals surface area contributed by atoms with E-state index in [2.05, 4.69) is 10.3 Å². The maximum absolute atomic E-state index is 12.1. The number of benzene rings is 1. The number of sulfonamides is 1. The number of hydrogen-bond donors (Lipinski definition) is 1. The smallest absolute Gasteiger partial charge is 0.244 e. The Labute approximate surface area is 154 Å². The second-order valence-electron chi connectivity index (χ2n) is 6.61. The van der Waals surface area contributed by atoms with Crippen molar-refractivity contribution in [3.8, 4) is 0 Å². The minimum Gasteiger partial charge on any atom is -0.352 e. The molecule has 26 heavy (non-hydrogen) atoms. The molecule has 138 valence electrons. The number of para-hydroxylation sites is 1. The maximum Gasteiger partial charge on any atom is 0.244 e.